The van der Waals surface area contributed by atoms with Crippen molar-refractivity contribution in [1.29, 1.82) is 0 Å². The Morgan fingerprint density at radius 2 is 2.10 bits per heavy atom. The maximum atomic E-state index is 12.0. The van der Waals surface area contributed by atoms with Crippen LogP contribution in [0.1, 0.15) is 39.0 Å². The minimum absolute atomic E-state index is 0.0762. The van der Waals surface area contributed by atoms with Gasteiger partial charge in [-0.2, -0.15) is 0 Å². The molecule has 1 aromatic heterocycles. The quantitative estimate of drug-likeness (QED) is 0.773. The number of amides is 1. The number of hydrogen-bond acceptors (Lipinski definition) is 4. The van der Waals surface area contributed by atoms with E-state index in [0.717, 1.165) is 6.54 Å². The van der Waals surface area contributed by atoms with Crippen LogP contribution in [0.2, 0.25) is 0 Å². The summed E-state index contributed by atoms with van der Waals surface area (Å²) in [6, 6.07) is 4.79. The van der Waals surface area contributed by atoms with E-state index < -0.39 is 0 Å². The number of carbonyl (C=O) groups excluding carboxylic acids is 1. The van der Waals surface area contributed by atoms with E-state index in [1.807, 2.05) is 13.8 Å². The lowest BCUT2D eigenvalue weighted by atomic mass is 10.1. The first kappa shape index (κ1) is 17.1. The lowest BCUT2D eigenvalue weighted by Gasteiger charge is -2.33. The first-order chi connectivity index (χ1) is 9.43. The second-order valence-corrected chi connectivity index (χ2v) is 6.69. The summed E-state index contributed by atoms with van der Waals surface area (Å²) in [5, 5.41) is 5.02. The van der Waals surface area contributed by atoms with Gasteiger partial charge in [0.25, 0.3) is 0 Å². The van der Waals surface area contributed by atoms with Crippen LogP contribution in [0.25, 0.3) is 0 Å². The van der Waals surface area contributed by atoms with Crippen molar-refractivity contribution < 1.29 is 4.79 Å². The molecule has 114 valence electrons. The number of nitrogens with two attached hydrogens (primary N) is 1. The van der Waals surface area contributed by atoms with Gasteiger partial charge >= 0.3 is 0 Å². The molecular weight excluding hydrogens is 270 g/mol. The summed E-state index contributed by atoms with van der Waals surface area (Å²) in [5.41, 5.74) is 5.90. The lowest BCUT2D eigenvalue weighted by molar-refractivity contribution is -0.123. The van der Waals surface area contributed by atoms with Gasteiger partial charge in [-0.25, -0.2) is 0 Å². The minimum atomic E-state index is 0.0762. The molecule has 1 unspecified atom stereocenters. The van der Waals surface area contributed by atoms with Crippen molar-refractivity contribution >= 4 is 17.2 Å². The molecule has 1 atom stereocenters. The molecule has 1 heterocycles. The molecule has 0 radical (unpaired) electrons. The van der Waals surface area contributed by atoms with E-state index in [1.165, 1.54) is 4.88 Å². The standard InChI is InChI=1S/C15H27N3OS/c1-11(2)17-15(19)8-13(9-16)18(12(3)4)10-14-6-5-7-20-14/h5-7,11-13H,8-10,16H2,1-4H3,(H,17,19). The van der Waals surface area contributed by atoms with Gasteiger partial charge in [-0.05, 0) is 39.1 Å². The van der Waals surface area contributed by atoms with Gasteiger partial charge in [-0.15, -0.1) is 11.3 Å². The molecule has 0 bridgehead atoms. The lowest BCUT2D eigenvalue weighted by Crippen LogP contribution is -2.47. The maximum Gasteiger partial charge on any atom is 0.221 e. The van der Waals surface area contributed by atoms with Crippen molar-refractivity contribution in [3.8, 4) is 0 Å². The maximum absolute atomic E-state index is 12.0. The monoisotopic (exact) mass is 297 g/mol. The molecule has 0 aliphatic heterocycles. The molecule has 0 saturated carbocycles. The topological polar surface area (TPSA) is 58.4 Å². The molecule has 0 aliphatic carbocycles. The van der Waals surface area contributed by atoms with Gasteiger partial charge in [-0.3, -0.25) is 9.69 Å². The van der Waals surface area contributed by atoms with Gasteiger partial charge in [0.15, 0.2) is 0 Å². The molecule has 1 aromatic rings. The van der Waals surface area contributed by atoms with Crippen LogP contribution in [0.15, 0.2) is 17.5 Å². The van der Waals surface area contributed by atoms with Crippen LogP contribution in [0.5, 0.6) is 0 Å². The third-order valence-corrected chi connectivity index (χ3v) is 4.05. The zero-order valence-electron chi connectivity index (χ0n) is 12.9. The molecule has 0 aliphatic rings. The molecule has 0 saturated heterocycles. The van der Waals surface area contributed by atoms with Crippen molar-refractivity contribution in [2.75, 3.05) is 6.54 Å². The van der Waals surface area contributed by atoms with E-state index in [0.29, 0.717) is 19.0 Å². The van der Waals surface area contributed by atoms with Crippen LogP contribution in [0.4, 0.5) is 0 Å². The molecule has 4 nitrogen and oxygen atoms in total. The van der Waals surface area contributed by atoms with Crippen molar-refractivity contribution in [2.45, 2.75) is 58.8 Å². The van der Waals surface area contributed by atoms with Crippen LogP contribution < -0.4 is 11.1 Å². The highest BCUT2D eigenvalue weighted by molar-refractivity contribution is 7.09. The summed E-state index contributed by atoms with van der Waals surface area (Å²) in [5.74, 6) is 0.0762. The van der Waals surface area contributed by atoms with Crippen LogP contribution >= 0.6 is 11.3 Å². The number of nitrogens with zero attached hydrogens (tertiary/aromatic N) is 1. The fourth-order valence-corrected chi connectivity index (χ4v) is 2.96. The van der Waals surface area contributed by atoms with E-state index in [9.17, 15) is 4.79 Å². The van der Waals surface area contributed by atoms with Crippen molar-refractivity contribution in [2.24, 2.45) is 5.73 Å². The highest BCUT2D eigenvalue weighted by atomic mass is 32.1. The minimum Gasteiger partial charge on any atom is -0.354 e. The largest absolute Gasteiger partial charge is 0.354 e. The fourth-order valence-electron chi connectivity index (χ4n) is 2.25. The average Bonchev–Trinajstić information content (AvgIpc) is 2.85. The molecule has 3 N–H and O–H groups in total. The van der Waals surface area contributed by atoms with Crippen molar-refractivity contribution in [3.05, 3.63) is 22.4 Å². The third-order valence-electron chi connectivity index (χ3n) is 3.19. The molecule has 0 fully saturated rings. The first-order valence-electron chi connectivity index (χ1n) is 7.21. The molecule has 1 amide bonds. The second kappa shape index (κ2) is 8.39. The van der Waals surface area contributed by atoms with Crippen molar-refractivity contribution in [1.82, 2.24) is 10.2 Å². The van der Waals surface area contributed by atoms with Crippen molar-refractivity contribution in [3.63, 3.8) is 0 Å². The average molecular weight is 297 g/mol. The van der Waals surface area contributed by atoms with E-state index in [2.05, 4.69) is 41.6 Å². The van der Waals surface area contributed by atoms with E-state index in [-0.39, 0.29) is 18.0 Å². The SMILES string of the molecule is CC(C)NC(=O)CC(CN)N(Cc1cccs1)C(C)C. The molecule has 5 heteroatoms. The Bertz CT molecular complexity index is 390. The normalized spacial score (nSPS) is 13.2. The van der Waals surface area contributed by atoms with Gasteiger partial charge in [0, 0.05) is 42.5 Å². The van der Waals surface area contributed by atoms with Gasteiger partial charge in [-0.1, -0.05) is 6.07 Å². The Kier molecular flexibility index (Phi) is 7.19. The highest BCUT2D eigenvalue weighted by Crippen LogP contribution is 2.17. The van der Waals surface area contributed by atoms with Crippen LogP contribution in [0, 0.1) is 0 Å². The summed E-state index contributed by atoms with van der Waals surface area (Å²) in [6.07, 6.45) is 0.457. The Labute approximate surface area is 126 Å². The Balaban J connectivity index is 2.68. The van der Waals surface area contributed by atoms with Gasteiger partial charge < -0.3 is 11.1 Å². The molecule has 20 heavy (non-hydrogen) atoms. The predicted octanol–water partition coefficient (Wildman–Crippen LogP) is 2.20. The third kappa shape index (κ3) is 5.61. The van der Waals surface area contributed by atoms with E-state index >= 15 is 0 Å². The highest BCUT2D eigenvalue weighted by Gasteiger charge is 2.23. The molecule has 0 aromatic carbocycles. The first-order valence-corrected chi connectivity index (χ1v) is 8.09. The summed E-state index contributed by atoms with van der Waals surface area (Å²) >= 11 is 1.74. The second-order valence-electron chi connectivity index (χ2n) is 5.66. The van der Waals surface area contributed by atoms with Gasteiger partial charge in [0.2, 0.25) is 5.91 Å². The fraction of sp³-hybridized carbons (Fsp3) is 0.667. The summed E-state index contributed by atoms with van der Waals surface area (Å²) in [7, 11) is 0. The van der Waals surface area contributed by atoms with Gasteiger partial charge in [0.1, 0.15) is 0 Å². The Morgan fingerprint density at radius 1 is 1.40 bits per heavy atom. The summed E-state index contributed by atoms with van der Waals surface area (Å²) < 4.78 is 0. The summed E-state index contributed by atoms with van der Waals surface area (Å²) in [6.45, 7) is 9.59. The molecular formula is C15H27N3OS. The zero-order chi connectivity index (χ0) is 15.1. The number of rotatable bonds is 8. The molecule has 0 spiro atoms. The smallest absolute Gasteiger partial charge is 0.221 e. The van der Waals surface area contributed by atoms with Crippen LogP contribution in [-0.2, 0) is 11.3 Å². The van der Waals surface area contributed by atoms with Gasteiger partial charge in [0.05, 0.1) is 0 Å². The van der Waals surface area contributed by atoms with E-state index in [1.54, 1.807) is 11.3 Å². The Morgan fingerprint density at radius 3 is 2.55 bits per heavy atom. The summed E-state index contributed by atoms with van der Waals surface area (Å²) in [4.78, 5) is 15.6. The number of hydrogen-bond donors (Lipinski definition) is 2. The predicted molar refractivity (Wildman–Crippen MR) is 85.7 cm³/mol. The number of nitrogens with one attached hydrogen (secondary N) is 1. The van der Waals surface area contributed by atoms with E-state index in [4.69, 9.17) is 5.73 Å². The number of carbonyl (C=O) groups is 1. The number of thiophene rings is 1. The Hall–Kier alpha value is -0.910. The van der Waals surface area contributed by atoms with Crippen LogP contribution in [-0.4, -0.2) is 35.5 Å². The molecule has 1 rings (SSSR count). The zero-order valence-corrected chi connectivity index (χ0v) is 13.7. The van der Waals surface area contributed by atoms with Crippen LogP contribution in [0.3, 0.4) is 0 Å².